The van der Waals surface area contributed by atoms with E-state index >= 15 is 0 Å². The van der Waals surface area contributed by atoms with Crippen LogP contribution < -0.4 is 5.32 Å². The summed E-state index contributed by atoms with van der Waals surface area (Å²) in [6.45, 7) is 6.25. The van der Waals surface area contributed by atoms with E-state index in [9.17, 15) is 4.39 Å². The zero-order valence-electron chi connectivity index (χ0n) is 11.0. The van der Waals surface area contributed by atoms with Crippen molar-refractivity contribution >= 4 is 11.6 Å². The normalized spacial score (nSPS) is 12.7. The lowest BCUT2D eigenvalue weighted by Crippen LogP contribution is -2.23. The van der Waals surface area contributed by atoms with Crippen LogP contribution in [0.4, 0.5) is 4.39 Å². The minimum absolute atomic E-state index is 0.0240. The lowest BCUT2D eigenvalue weighted by Gasteiger charge is -2.19. The summed E-state index contributed by atoms with van der Waals surface area (Å²) in [6.07, 6.45) is 1.76. The second-order valence-electron chi connectivity index (χ2n) is 4.18. The highest BCUT2D eigenvalue weighted by molar-refractivity contribution is 6.30. The average Bonchev–Trinajstić information content (AvgIpc) is 2.34. The van der Waals surface area contributed by atoms with Gasteiger partial charge in [-0.1, -0.05) is 31.5 Å². The van der Waals surface area contributed by atoms with E-state index in [1.165, 1.54) is 6.07 Å². The molecule has 0 fully saturated rings. The third kappa shape index (κ3) is 4.92. The summed E-state index contributed by atoms with van der Waals surface area (Å²) < 4.78 is 19.3. The molecule has 2 nitrogen and oxygen atoms in total. The van der Waals surface area contributed by atoms with E-state index in [0.717, 1.165) is 26.0 Å². The van der Waals surface area contributed by atoms with Crippen molar-refractivity contribution in [2.24, 2.45) is 0 Å². The van der Waals surface area contributed by atoms with Crippen LogP contribution >= 0.6 is 11.6 Å². The zero-order valence-corrected chi connectivity index (χ0v) is 11.8. The molecular weight excluding hydrogens is 253 g/mol. The Balaban J connectivity index is 2.64. The number of rotatable bonds is 8. The quantitative estimate of drug-likeness (QED) is 0.724. The van der Waals surface area contributed by atoms with Crippen LogP contribution in [0.3, 0.4) is 0 Å². The van der Waals surface area contributed by atoms with Gasteiger partial charge in [0.15, 0.2) is 0 Å². The maximum absolute atomic E-state index is 13.8. The Morgan fingerprint density at radius 1 is 1.33 bits per heavy atom. The maximum Gasteiger partial charge on any atom is 0.129 e. The smallest absolute Gasteiger partial charge is 0.129 e. The molecule has 0 saturated heterocycles. The lowest BCUT2D eigenvalue weighted by molar-refractivity contribution is 0.124. The molecule has 0 aliphatic heterocycles. The third-order valence-electron chi connectivity index (χ3n) is 2.69. The highest BCUT2D eigenvalue weighted by atomic mass is 35.5. The van der Waals surface area contributed by atoms with E-state index < -0.39 is 0 Å². The molecule has 0 amide bonds. The van der Waals surface area contributed by atoms with E-state index in [1.807, 2.05) is 6.92 Å². The number of hydrogen-bond acceptors (Lipinski definition) is 2. The first-order chi connectivity index (χ1) is 8.69. The predicted octanol–water partition coefficient (Wildman–Crippen LogP) is 3.95. The van der Waals surface area contributed by atoms with Crippen molar-refractivity contribution in [3.05, 3.63) is 34.6 Å². The van der Waals surface area contributed by atoms with E-state index in [2.05, 4.69) is 12.2 Å². The Bertz CT molecular complexity index is 360. The summed E-state index contributed by atoms with van der Waals surface area (Å²) in [4.78, 5) is 0. The van der Waals surface area contributed by atoms with Gasteiger partial charge in [0, 0.05) is 29.8 Å². The van der Waals surface area contributed by atoms with Gasteiger partial charge in [0.05, 0.1) is 0 Å². The van der Waals surface area contributed by atoms with Crippen molar-refractivity contribution < 1.29 is 9.13 Å². The largest absolute Gasteiger partial charge is 0.381 e. The minimum atomic E-state index is -0.260. The molecule has 1 N–H and O–H groups in total. The molecule has 1 atom stereocenters. The molecular formula is C14H21ClFNO. The average molecular weight is 274 g/mol. The van der Waals surface area contributed by atoms with Crippen molar-refractivity contribution in [2.45, 2.75) is 32.7 Å². The number of benzene rings is 1. The summed E-state index contributed by atoms with van der Waals surface area (Å²) in [6, 6.07) is 4.79. The molecule has 4 heteroatoms. The highest BCUT2D eigenvalue weighted by Crippen LogP contribution is 2.23. The van der Waals surface area contributed by atoms with Crippen molar-refractivity contribution in [1.29, 1.82) is 0 Å². The summed E-state index contributed by atoms with van der Waals surface area (Å²) >= 11 is 5.76. The SMILES string of the molecule is CCCOCCC(NCC)c1ccc(Cl)cc1F. The number of ether oxygens (including phenoxy) is 1. The lowest BCUT2D eigenvalue weighted by atomic mass is 10.0. The summed E-state index contributed by atoms with van der Waals surface area (Å²) in [7, 11) is 0. The molecule has 0 aliphatic carbocycles. The third-order valence-corrected chi connectivity index (χ3v) is 2.92. The monoisotopic (exact) mass is 273 g/mol. The van der Waals surface area contributed by atoms with Gasteiger partial charge in [-0.15, -0.1) is 0 Å². The Labute approximate surface area is 113 Å². The summed E-state index contributed by atoms with van der Waals surface area (Å²) in [5.74, 6) is -0.260. The molecule has 0 aromatic heterocycles. The summed E-state index contributed by atoms with van der Waals surface area (Å²) in [5.41, 5.74) is 0.654. The van der Waals surface area contributed by atoms with Crippen LogP contribution in [0.1, 0.15) is 38.3 Å². The van der Waals surface area contributed by atoms with Gasteiger partial charge in [0.2, 0.25) is 0 Å². The molecule has 0 aliphatic rings. The first-order valence-electron chi connectivity index (χ1n) is 6.45. The van der Waals surface area contributed by atoms with Crippen LogP contribution in [0.15, 0.2) is 18.2 Å². The van der Waals surface area contributed by atoms with Crippen LogP contribution in [0.25, 0.3) is 0 Å². The van der Waals surface area contributed by atoms with E-state index in [4.69, 9.17) is 16.3 Å². The molecule has 102 valence electrons. The molecule has 0 spiro atoms. The van der Waals surface area contributed by atoms with Crippen LogP contribution in [0.5, 0.6) is 0 Å². The molecule has 18 heavy (non-hydrogen) atoms. The fraction of sp³-hybridized carbons (Fsp3) is 0.571. The zero-order chi connectivity index (χ0) is 13.4. The Kier molecular flexibility index (Phi) is 7.25. The highest BCUT2D eigenvalue weighted by Gasteiger charge is 2.14. The molecule has 1 aromatic carbocycles. The first kappa shape index (κ1) is 15.4. The molecule has 0 saturated carbocycles. The van der Waals surface area contributed by atoms with Crippen LogP contribution in [0.2, 0.25) is 5.02 Å². The van der Waals surface area contributed by atoms with Crippen molar-refractivity contribution in [3.63, 3.8) is 0 Å². The van der Waals surface area contributed by atoms with Gasteiger partial charge in [-0.25, -0.2) is 4.39 Å². The van der Waals surface area contributed by atoms with E-state index in [-0.39, 0.29) is 11.9 Å². The number of halogens is 2. The fourth-order valence-electron chi connectivity index (χ4n) is 1.85. The molecule has 0 bridgehead atoms. The van der Waals surface area contributed by atoms with Gasteiger partial charge in [0.25, 0.3) is 0 Å². The van der Waals surface area contributed by atoms with Crippen LogP contribution in [0, 0.1) is 5.82 Å². The standard InChI is InChI=1S/C14H21ClFNO/c1-3-8-18-9-7-14(17-4-2)12-6-5-11(15)10-13(12)16/h5-6,10,14,17H,3-4,7-9H2,1-2H3. The van der Waals surface area contributed by atoms with Gasteiger partial charge >= 0.3 is 0 Å². The van der Waals surface area contributed by atoms with Gasteiger partial charge in [0.1, 0.15) is 5.82 Å². The number of hydrogen-bond donors (Lipinski definition) is 1. The Hall–Kier alpha value is -0.640. The van der Waals surface area contributed by atoms with Gasteiger partial charge in [-0.05, 0) is 31.5 Å². The van der Waals surface area contributed by atoms with E-state index in [0.29, 0.717) is 17.2 Å². The first-order valence-corrected chi connectivity index (χ1v) is 6.82. The van der Waals surface area contributed by atoms with Crippen molar-refractivity contribution in [2.75, 3.05) is 19.8 Å². The van der Waals surface area contributed by atoms with Gasteiger partial charge < -0.3 is 10.1 Å². The second kappa shape index (κ2) is 8.46. The van der Waals surface area contributed by atoms with Crippen molar-refractivity contribution in [1.82, 2.24) is 5.32 Å². The fourth-order valence-corrected chi connectivity index (χ4v) is 2.00. The Morgan fingerprint density at radius 3 is 2.72 bits per heavy atom. The van der Waals surface area contributed by atoms with Gasteiger partial charge in [-0.2, -0.15) is 0 Å². The Morgan fingerprint density at radius 2 is 2.11 bits per heavy atom. The molecule has 1 aromatic rings. The maximum atomic E-state index is 13.8. The molecule has 1 unspecified atom stereocenters. The van der Waals surface area contributed by atoms with E-state index in [1.54, 1.807) is 12.1 Å². The van der Waals surface area contributed by atoms with Crippen LogP contribution in [-0.2, 0) is 4.74 Å². The summed E-state index contributed by atoms with van der Waals surface area (Å²) in [5, 5.41) is 3.70. The molecule has 1 rings (SSSR count). The number of nitrogens with one attached hydrogen (secondary N) is 1. The molecule has 0 heterocycles. The second-order valence-corrected chi connectivity index (χ2v) is 4.61. The van der Waals surface area contributed by atoms with Crippen LogP contribution in [-0.4, -0.2) is 19.8 Å². The topological polar surface area (TPSA) is 21.3 Å². The predicted molar refractivity (Wildman–Crippen MR) is 73.6 cm³/mol. The van der Waals surface area contributed by atoms with Gasteiger partial charge in [-0.3, -0.25) is 0 Å². The van der Waals surface area contributed by atoms with Crippen molar-refractivity contribution in [3.8, 4) is 0 Å². The minimum Gasteiger partial charge on any atom is -0.381 e. The molecule has 0 radical (unpaired) electrons.